The van der Waals surface area contributed by atoms with Crippen LogP contribution in [-0.2, 0) is 0 Å². The Morgan fingerprint density at radius 1 is 0.522 bits per heavy atom. The Morgan fingerprint density at radius 2 is 1.00 bits per heavy atom. The molecule has 0 amide bonds. The summed E-state index contributed by atoms with van der Waals surface area (Å²) in [6, 6.07) is 28.4. The third-order valence-corrected chi connectivity index (χ3v) is 4.88. The minimum Gasteiger partial charge on any atom is -0.0622 e. The van der Waals surface area contributed by atoms with E-state index in [1.54, 1.807) is 0 Å². The van der Waals surface area contributed by atoms with E-state index in [-0.39, 0.29) is 0 Å². The molecule has 2 atom stereocenters. The minimum absolute atomic E-state index is 0.401. The molecule has 0 saturated carbocycles. The third-order valence-electron chi connectivity index (χ3n) is 4.88. The maximum absolute atomic E-state index is 2.32. The Balaban J connectivity index is 2.03. The van der Waals surface area contributed by atoms with Crippen molar-refractivity contribution in [3.05, 3.63) is 107 Å². The molecule has 2 unspecified atom stereocenters. The molecule has 23 heavy (non-hydrogen) atoms. The molecule has 0 nitrogen and oxygen atoms in total. The van der Waals surface area contributed by atoms with Crippen LogP contribution in [0, 0.1) is 6.92 Å². The molecule has 0 aromatic heterocycles. The van der Waals surface area contributed by atoms with Crippen molar-refractivity contribution in [2.24, 2.45) is 0 Å². The Labute approximate surface area is 139 Å². The molecule has 3 aromatic rings. The average molecular weight is 300 g/mol. The van der Waals surface area contributed by atoms with Gasteiger partial charge >= 0.3 is 0 Å². The van der Waals surface area contributed by atoms with Crippen LogP contribution in [0.5, 0.6) is 0 Å². The summed E-state index contributed by atoms with van der Waals surface area (Å²) in [6.45, 7) is 6.83. The molecule has 3 aromatic carbocycles. The molecule has 0 spiro atoms. The monoisotopic (exact) mass is 300 g/mol. The summed E-state index contributed by atoms with van der Waals surface area (Å²) in [7, 11) is 0. The van der Waals surface area contributed by atoms with Gasteiger partial charge < -0.3 is 0 Å². The van der Waals surface area contributed by atoms with Gasteiger partial charge in [-0.15, -0.1) is 0 Å². The summed E-state index contributed by atoms with van der Waals surface area (Å²) in [6.07, 6.45) is 0. The first kappa shape index (κ1) is 15.6. The first-order valence-electron chi connectivity index (χ1n) is 8.37. The summed E-state index contributed by atoms with van der Waals surface area (Å²) in [4.78, 5) is 0. The second kappa shape index (κ2) is 6.83. The summed E-state index contributed by atoms with van der Waals surface area (Å²) < 4.78 is 0. The summed E-state index contributed by atoms with van der Waals surface area (Å²) >= 11 is 0. The molecule has 0 radical (unpaired) electrons. The maximum atomic E-state index is 2.32. The molecule has 0 aliphatic heterocycles. The zero-order chi connectivity index (χ0) is 16.2. The first-order chi connectivity index (χ1) is 11.2. The first-order valence-corrected chi connectivity index (χ1v) is 8.37. The van der Waals surface area contributed by atoms with Crippen LogP contribution < -0.4 is 0 Å². The molecule has 0 aliphatic rings. The average Bonchev–Trinajstić information content (AvgIpc) is 2.62. The van der Waals surface area contributed by atoms with E-state index in [1.807, 2.05) is 0 Å². The van der Waals surface area contributed by atoms with Crippen LogP contribution in [0.3, 0.4) is 0 Å². The van der Waals surface area contributed by atoms with Gasteiger partial charge in [-0.05, 0) is 34.7 Å². The topological polar surface area (TPSA) is 0 Å². The number of aryl methyl sites for hydroxylation is 1. The van der Waals surface area contributed by atoms with Crippen LogP contribution in [0.25, 0.3) is 0 Å². The van der Waals surface area contributed by atoms with E-state index in [1.165, 1.54) is 27.8 Å². The van der Waals surface area contributed by atoms with E-state index in [0.717, 1.165) is 0 Å². The van der Waals surface area contributed by atoms with Gasteiger partial charge in [-0.25, -0.2) is 0 Å². The largest absolute Gasteiger partial charge is 0.0622 e. The normalized spacial score (nSPS) is 13.5. The highest BCUT2D eigenvalue weighted by molar-refractivity contribution is 5.44. The highest BCUT2D eigenvalue weighted by atomic mass is 14.2. The molecule has 0 fully saturated rings. The Hall–Kier alpha value is -2.34. The van der Waals surface area contributed by atoms with Gasteiger partial charge in [0.15, 0.2) is 0 Å². The van der Waals surface area contributed by atoms with E-state index >= 15 is 0 Å². The lowest BCUT2D eigenvalue weighted by molar-refractivity contribution is 0.838. The smallest absolute Gasteiger partial charge is 0.00665 e. The van der Waals surface area contributed by atoms with Crippen LogP contribution in [-0.4, -0.2) is 0 Å². The fourth-order valence-corrected chi connectivity index (χ4v) is 3.46. The van der Waals surface area contributed by atoms with E-state index in [2.05, 4.69) is 99.6 Å². The van der Waals surface area contributed by atoms with E-state index in [4.69, 9.17) is 0 Å². The van der Waals surface area contributed by atoms with Crippen molar-refractivity contribution in [1.82, 2.24) is 0 Å². The highest BCUT2D eigenvalue weighted by Crippen LogP contribution is 2.34. The van der Waals surface area contributed by atoms with Crippen molar-refractivity contribution < 1.29 is 0 Å². The number of rotatable bonds is 4. The fraction of sp³-hybridized carbons (Fsp3) is 0.217. The maximum Gasteiger partial charge on any atom is 0.00665 e. The van der Waals surface area contributed by atoms with E-state index in [0.29, 0.717) is 11.8 Å². The molecule has 0 aliphatic carbocycles. The Kier molecular flexibility index (Phi) is 4.62. The fourth-order valence-electron chi connectivity index (χ4n) is 3.46. The van der Waals surface area contributed by atoms with E-state index in [9.17, 15) is 0 Å². The second-order valence-electron chi connectivity index (χ2n) is 6.34. The zero-order valence-corrected chi connectivity index (χ0v) is 14.2. The van der Waals surface area contributed by atoms with Crippen molar-refractivity contribution >= 4 is 0 Å². The number of benzene rings is 3. The van der Waals surface area contributed by atoms with Gasteiger partial charge in [-0.3, -0.25) is 0 Å². The lowest BCUT2D eigenvalue weighted by Crippen LogP contribution is -2.06. The van der Waals surface area contributed by atoms with Crippen molar-refractivity contribution in [1.29, 1.82) is 0 Å². The van der Waals surface area contributed by atoms with Gasteiger partial charge in [-0.1, -0.05) is 92.7 Å². The zero-order valence-electron chi connectivity index (χ0n) is 14.2. The van der Waals surface area contributed by atoms with Crippen molar-refractivity contribution in [3.8, 4) is 0 Å². The highest BCUT2D eigenvalue weighted by Gasteiger charge is 2.18. The Morgan fingerprint density at radius 3 is 1.61 bits per heavy atom. The molecule has 0 heterocycles. The molecular formula is C23H24. The van der Waals surface area contributed by atoms with Gasteiger partial charge in [-0.2, -0.15) is 0 Å². The standard InChI is InChI=1S/C23H24/c1-17-11-7-8-14-21(17)19(3)23-16-10-9-15-22(23)18(2)20-12-5-4-6-13-20/h4-16,18-19H,1-3H3. The van der Waals surface area contributed by atoms with Crippen LogP contribution in [0.15, 0.2) is 78.9 Å². The molecule has 3 rings (SSSR count). The lowest BCUT2D eigenvalue weighted by Gasteiger charge is -2.22. The number of hydrogen-bond donors (Lipinski definition) is 0. The SMILES string of the molecule is Cc1ccccc1C(C)c1ccccc1C(C)c1ccccc1. The van der Waals surface area contributed by atoms with Gasteiger partial charge in [0.1, 0.15) is 0 Å². The van der Waals surface area contributed by atoms with E-state index < -0.39 is 0 Å². The molecule has 0 bridgehead atoms. The van der Waals surface area contributed by atoms with Crippen LogP contribution >= 0.6 is 0 Å². The van der Waals surface area contributed by atoms with Crippen molar-refractivity contribution in [3.63, 3.8) is 0 Å². The van der Waals surface area contributed by atoms with Crippen LogP contribution in [0.1, 0.15) is 53.5 Å². The van der Waals surface area contributed by atoms with Gasteiger partial charge in [0.05, 0.1) is 0 Å². The third kappa shape index (κ3) is 3.22. The van der Waals surface area contributed by atoms with Gasteiger partial charge in [0.2, 0.25) is 0 Å². The summed E-state index contributed by atoms with van der Waals surface area (Å²) in [5, 5.41) is 0. The van der Waals surface area contributed by atoms with Crippen LogP contribution in [0.4, 0.5) is 0 Å². The van der Waals surface area contributed by atoms with Crippen LogP contribution in [0.2, 0.25) is 0 Å². The lowest BCUT2D eigenvalue weighted by atomic mass is 9.82. The molecule has 0 saturated heterocycles. The predicted octanol–water partition coefficient (Wildman–Crippen LogP) is 6.30. The molecule has 116 valence electrons. The second-order valence-corrected chi connectivity index (χ2v) is 6.34. The van der Waals surface area contributed by atoms with Crippen molar-refractivity contribution in [2.75, 3.05) is 0 Å². The summed E-state index contributed by atoms with van der Waals surface area (Å²) in [5.41, 5.74) is 7.01. The molecule has 0 heteroatoms. The predicted molar refractivity (Wildman–Crippen MR) is 99.1 cm³/mol. The molecular weight excluding hydrogens is 276 g/mol. The molecule has 0 N–H and O–H groups in total. The quantitative estimate of drug-likeness (QED) is 0.530. The van der Waals surface area contributed by atoms with Gasteiger partial charge in [0, 0.05) is 11.8 Å². The minimum atomic E-state index is 0.401. The van der Waals surface area contributed by atoms with Crippen molar-refractivity contribution in [2.45, 2.75) is 32.6 Å². The summed E-state index contributed by atoms with van der Waals surface area (Å²) in [5.74, 6) is 0.803. The Bertz CT molecular complexity index is 771. The number of hydrogen-bond acceptors (Lipinski definition) is 0. The van der Waals surface area contributed by atoms with Gasteiger partial charge in [0.25, 0.3) is 0 Å².